The van der Waals surface area contributed by atoms with E-state index in [1.54, 1.807) is 0 Å². The molecule has 0 fully saturated rings. The van der Waals surface area contributed by atoms with Gasteiger partial charge in [-0.05, 0) is 6.92 Å². The molecule has 0 aromatic carbocycles. The maximum Gasteiger partial charge on any atom is 0.246 e. The summed E-state index contributed by atoms with van der Waals surface area (Å²) in [6.45, 7) is 3.71. The zero-order valence-electron chi connectivity index (χ0n) is 7.91. The fourth-order valence-corrected chi connectivity index (χ4v) is 0.673. The molecule has 0 radical (unpaired) electrons. The summed E-state index contributed by atoms with van der Waals surface area (Å²) in [6.07, 6.45) is 0. The van der Waals surface area contributed by atoms with Gasteiger partial charge in [0, 0.05) is 13.2 Å². The van der Waals surface area contributed by atoms with Crippen molar-refractivity contribution >= 4 is 5.91 Å². The summed E-state index contributed by atoms with van der Waals surface area (Å²) in [5.41, 5.74) is 0. The summed E-state index contributed by atoms with van der Waals surface area (Å²) >= 11 is 0. The molecule has 5 heteroatoms. The predicted molar refractivity (Wildman–Crippen MR) is 47.4 cm³/mol. The minimum absolute atomic E-state index is 0.0209. The molecule has 0 aromatic heterocycles. The van der Waals surface area contributed by atoms with Crippen LogP contribution in [0.25, 0.3) is 0 Å². The van der Waals surface area contributed by atoms with E-state index in [0.717, 1.165) is 0 Å². The molecule has 0 aliphatic rings. The summed E-state index contributed by atoms with van der Waals surface area (Å²) in [4.78, 5) is 10.8. The molecule has 0 spiro atoms. The van der Waals surface area contributed by atoms with E-state index in [4.69, 9.17) is 14.6 Å². The van der Waals surface area contributed by atoms with Crippen molar-refractivity contribution in [2.24, 2.45) is 0 Å². The molecule has 1 amide bonds. The Morgan fingerprint density at radius 1 is 1.38 bits per heavy atom. The van der Waals surface area contributed by atoms with Gasteiger partial charge in [-0.15, -0.1) is 0 Å². The van der Waals surface area contributed by atoms with Gasteiger partial charge in [-0.3, -0.25) is 4.79 Å². The minimum Gasteiger partial charge on any atom is -0.395 e. The molecule has 0 aliphatic heterocycles. The molecular formula is C8H17NO4. The maximum absolute atomic E-state index is 10.8. The number of ether oxygens (including phenoxy) is 2. The van der Waals surface area contributed by atoms with Crippen LogP contribution >= 0.6 is 0 Å². The van der Waals surface area contributed by atoms with Gasteiger partial charge in [0.05, 0.1) is 19.8 Å². The fraction of sp³-hybridized carbons (Fsp3) is 0.875. The monoisotopic (exact) mass is 191 g/mol. The number of amides is 1. The lowest BCUT2D eigenvalue weighted by molar-refractivity contribution is -0.126. The number of carbonyl (C=O) groups is 1. The molecule has 0 aromatic rings. The lowest BCUT2D eigenvalue weighted by Crippen LogP contribution is -2.30. The van der Waals surface area contributed by atoms with E-state index in [-0.39, 0.29) is 25.7 Å². The molecule has 5 nitrogen and oxygen atoms in total. The lowest BCUT2D eigenvalue weighted by Gasteiger charge is -2.04. The van der Waals surface area contributed by atoms with E-state index in [0.29, 0.717) is 19.8 Å². The molecule has 0 rings (SSSR count). The molecule has 0 heterocycles. The molecular weight excluding hydrogens is 174 g/mol. The van der Waals surface area contributed by atoms with Crippen molar-refractivity contribution in [3.63, 3.8) is 0 Å². The average molecular weight is 191 g/mol. The smallest absolute Gasteiger partial charge is 0.246 e. The number of hydrogen-bond donors (Lipinski definition) is 2. The number of aliphatic hydroxyl groups excluding tert-OH is 1. The van der Waals surface area contributed by atoms with Crippen LogP contribution in [0, 0.1) is 0 Å². The Balaban J connectivity index is 3.08. The first-order valence-electron chi connectivity index (χ1n) is 4.34. The summed E-state index contributed by atoms with van der Waals surface area (Å²) < 4.78 is 9.98. The summed E-state index contributed by atoms with van der Waals surface area (Å²) in [6, 6.07) is 0. The molecule has 0 atom stereocenters. The summed E-state index contributed by atoms with van der Waals surface area (Å²) in [5.74, 6) is -0.217. The van der Waals surface area contributed by atoms with Gasteiger partial charge in [0.25, 0.3) is 0 Å². The van der Waals surface area contributed by atoms with Crippen LogP contribution in [0.5, 0.6) is 0 Å². The van der Waals surface area contributed by atoms with E-state index >= 15 is 0 Å². The highest BCUT2D eigenvalue weighted by atomic mass is 16.5. The highest BCUT2D eigenvalue weighted by Crippen LogP contribution is 1.78. The Bertz CT molecular complexity index is 129. The van der Waals surface area contributed by atoms with Gasteiger partial charge in [0.2, 0.25) is 5.91 Å². The predicted octanol–water partition coefficient (Wildman–Crippen LogP) is -0.852. The van der Waals surface area contributed by atoms with E-state index in [9.17, 15) is 4.79 Å². The first-order valence-corrected chi connectivity index (χ1v) is 4.34. The van der Waals surface area contributed by atoms with Crippen LogP contribution in [0.3, 0.4) is 0 Å². The SMILES string of the molecule is CCOCCOCC(=O)NCCO. The Kier molecular flexibility index (Phi) is 8.97. The van der Waals surface area contributed by atoms with Crippen LogP contribution in [0.4, 0.5) is 0 Å². The van der Waals surface area contributed by atoms with Crippen LogP contribution in [-0.2, 0) is 14.3 Å². The topological polar surface area (TPSA) is 67.8 Å². The Labute approximate surface area is 78.0 Å². The van der Waals surface area contributed by atoms with Gasteiger partial charge < -0.3 is 19.9 Å². The van der Waals surface area contributed by atoms with E-state index in [2.05, 4.69) is 5.32 Å². The van der Waals surface area contributed by atoms with Gasteiger partial charge in [-0.25, -0.2) is 0 Å². The average Bonchev–Trinajstić information content (AvgIpc) is 2.14. The number of nitrogens with one attached hydrogen (secondary N) is 1. The van der Waals surface area contributed by atoms with Crippen LogP contribution in [0.15, 0.2) is 0 Å². The molecule has 0 saturated carbocycles. The number of hydrogen-bond acceptors (Lipinski definition) is 4. The zero-order valence-corrected chi connectivity index (χ0v) is 7.91. The van der Waals surface area contributed by atoms with Crippen LogP contribution in [0.1, 0.15) is 6.92 Å². The Hall–Kier alpha value is -0.650. The number of rotatable bonds is 8. The van der Waals surface area contributed by atoms with Crippen molar-refractivity contribution in [2.45, 2.75) is 6.92 Å². The van der Waals surface area contributed by atoms with Crippen molar-refractivity contribution in [3.8, 4) is 0 Å². The Morgan fingerprint density at radius 3 is 2.69 bits per heavy atom. The zero-order chi connectivity index (χ0) is 9.94. The second-order valence-electron chi connectivity index (χ2n) is 2.32. The fourth-order valence-electron chi connectivity index (χ4n) is 0.673. The van der Waals surface area contributed by atoms with Crippen molar-refractivity contribution in [2.75, 3.05) is 39.6 Å². The molecule has 13 heavy (non-hydrogen) atoms. The summed E-state index contributed by atoms with van der Waals surface area (Å²) in [7, 11) is 0. The number of aliphatic hydroxyl groups is 1. The van der Waals surface area contributed by atoms with Crippen molar-refractivity contribution in [1.29, 1.82) is 0 Å². The van der Waals surface area contributed by atoms with E-state index in [1.165, 1.54) is 0 Å². The first kappa shape index (κ1) is 12.3. The van der Waals surface area contributed by atoms with Gasteiger partial charge in [0.1, 0.15) is 6.61 Å². The highest BCUT2D eigenvalue weighted by molar-refractivity contribution is 5.77. The van der Waals surface area contributed by atoms with E-state index in [1.807, 2.05) is 6.92 Å². The molecule has 0 saturated heterocycles. The van der Waals surface area contributed by atoms with Crippen molar-refractivity contribution < 1.29 is 19.4 Å². The minimum atomic E-state index is -0.217. The quantitative estimate of drug-likeness (QED) is 0.490. The third-order valence-corrected chi connectivity index (χ3v) is 1.24. The Morgan fingerprint density at radius 2 is 2.08 bits per heavy atom. The largest absolute Gasteiger partial charge is 0.395 e. The van der Waals surface area contributed by atoms with Crippen LogP contribution in [-0.4, -0.2) is 50.6 Å². The van der Waals surface area contributed by atoms with Gasteiger partial charge in [-0.2, -0.15) is 0 Å². The normalized spacial score (nSPS) is 10.0. The number of carbonyl (C=O) groups excluding carboxylic acids is 1. The lowest BCUT2D eigenvalue weighted by atomic mass is 10.6. The van der Waals surface area contributed by atoms with Gasteiger partial charge in [0.15, 0.2) is 0 Å². The molecule has 78 valence electrons. The molecule has 0 aliphatic carbocycles. The molecule has 2 N–H and O–H groups in total. The first-order chi connectivity index (χ1) is 6.31. The van der Waals surface area contributed by atoms with Crippen molar-refractivity contribution in [1.82, 2.24) is 5.32 Å². The van der Waals surface area contributed by atoms with Gasteiger partial charge in [-0.1, -0.05) is 0 Å². The second-order valence-corrected chi connectivity index (χ2v) is 2.32. The van der Waals surface area contributed by atoms with Gasteiger partial charge >= 0.3 is 0 Å². The molecule has 0 unspecified atom stereocenters. The standard InChI is InChI=1S/C8H17NO4/c1-2-12-5-6-13-7-8(11)9-3-4-10/h10H,2-7H2,1H3,(H,9,11). The highest BCUT2D eigenvalue weighted by Gasteiger charge is 1.98. The van der Waals surface area contributed by atoms with Crippen molar-refractivity contribution in [3.05, 3.63) is 0 Å². The maximum atomic E-state index is 10.8. The van der Waals surface area contributed by atoms with Crippen LogP contribution in [0.2, 0.25) is 0 Å². The third kappa shape index (κ3) is 9.26. The van der Waals surface area contributed by atoms with Crippen LogP contribution < -0.4 is 5.32 Å². The second kappa shape index (κ2) is 9.44. The summed E-state index contributed by atoms with van der Waals surface area (Å²) in [5, 5.41) is 10.8. The van der Waals surface area contributed by atoms with E-state index < -0.39 is 0 Å². The molecule has 0 bridgehead atoms. The third-order valence-electron chi connectivity index (χ3n) is 1.24.